The van der Waals surface area contributed by atoms with E-state index in [1.165, 1.54) is 29.6 Å². The number of rotatable bonds is 8. The number of amides is 1. The van der Waals surface area contributed by atoms with Gasteiger partial charge in [-0.1, -0.05) is 12.1 Å². The number of nitrogens with zero attached hydrogens (tertiary/aromatic N) is 2. The van der Waals surface area contributed by atoms with Gasteiger partial charge < -0.3 is 14.8 Å². The number of sulfonamides is 2. The van der Waals surface area contributed by atoms with Gasteiger partial charge in [0.25, 0.3) is 0 Å². The Kier molecular flexibility index (Phi) is 8.00. The molecule has 2 aromatic carbocycles. The molecule has 1 saturated heterocycles. The van der Waals surface area contributed by atoms with Crippen molar-refractivity contribution in [2.24, 2.45) is 0 Å². The van der Waals surface area contributed by atoms with Crippen molar-refractivity contribution in [3.63, 3.8) is 0 Å². The number of hydrogen-bond donors (Lipinski definition) is 1. The molecule has 3 rings (SSSR count). The molecule has 0 aromatic heterocycles. The molecule has 0 bridgehead atoms. The van der Waals surface area contributed by atoms with Gasteiger partial charge in [-0.15, -0.1) is 0 Å². The summed E-state index contributed by atoms with van der Waals surface area (Å²) in [5.74, 6) is -0.512. The molecule has 0 radical (unpaired) electrons. The second kappa shape index (κ2) is 10.4. The third kappa shape index (κ3) is 6.03. The van der Waals surface area contributed by atoms with E-state index in [1.54, 1.807) is 24.3 Å². The SMILES string of the molecule is COc1ccc(NC(=O)CN(c2ccccc2Br)S(C)(=O)=O)cc1S(=O)(=O)N1CCOCC1. The van der Waals surface area contributed by atoms with Crippen LogP contribution in [0.5, 0.6) is 5.75 Å². The summed E-state index contributed by atoms with van der Waals surface area (Å²) in [6, 6.07) is 10.8. The van der Waals surface area contributed by atoms with Crippen LogP contribution in [0.1, 0.15) is 0 Å². The minimum Gasteiger partial charge on any atom is -0.495 e. The highest BCUT2D eigenvalue weighted by Crippen LogP contribution is 2.31. The molecule has 1 heterocycles. The summed E-state index contributed by atoms with van der Waals surface area (Å²) in [4.78, 5) is 12.6. The van der Waals surface area contributed by atoms with Crippen molar-refractivity contribution < 1.29 is 31.1 Å². The average Bonchev–Trinajstić information content (AvgIpc) is 2.78. The third-order valence-electron chi connectivity index (χ3n) is 4.84. The van der Waals surface area contributed by atoms with Crippen molar-refractivity contribution in [1.29, 1.82) is 0 Å². The van der Waals surface area contributed by atoms with E-state index in [0.717, 1.165) is 10.6 Å². The predicted octanol–water partition coefficient (Wildman–Crippen LogP) is 1.88. The smallest absolute Gasteiger partial charge is 0.246 e. The maximum Gasteiger partial charge on any atom is 0.246 e. The number of morpholine rings is 1. The van der Waals surface area contributed by atoms with Crippen molar-refractivity contribution in [1.82, 2.24) is 4.31 Å². The average molecular weight is 562 g/mol. The lowest BCUT2D eigenvalue weighted by Crippen LogP contribution is -2.40. The highest BCUT2D eigenvalue weighted by molar-refractivity contribution is 9.10. The van der Waals surface area contributed by atoms with E-state index in [0.29, 0.717) is 10.2 Å². The molecular weight excluding hydrogens is 538 g/mol. The summed E-state index contributed by atoms with van der Waals surface area (Å²) in [7, 11) is -6.31. The van der Waals surface area contributed by atoms with E-state index in [4.69, 9.17) is 9.47 Å². The van der Waals surface area contributed by atoms with Gasteiger partial charge in [0.05, 0.1) is 32.3 Å². The Morgan fingerprint density at radius 1 is 1.15 bits per heavy atom. The first-order valence-corrected chi connectivity index (χ1v) is 13.9. The number of hydrogen-bond acceptors (Lipinski definition) is 7. The molecule has 0 aliphatic carbocycles. The van der Waals surface area contributed by atoms with Crippen LogP contribution in [0.4, 0.5) is 11.4 Å². The van der Waals surface area contributed by atoms with Crippen LogP contribution in [0.3, 0.4) is 0 Å². The van der Waals surface area contributed by atoms with Crippen LogP contribution in [-0.4, -0.2) is 73.3 Å². The van der Waals surface area contributed by atoms with Crippen molar-refractivity contribution in [3.05, 3.63) is 46.9 Å². The molecule has 2 aromatic rings. The van der Waals surface area contributed by atoms with Crippen molar-refractivity contribution in [3.8, 4) is 5.75 Å². The number of ether oxygens (including phenoxy) is 2. The van der Waals surface area contributed by atoms with E-state index >= 15 is 0 Å². The maximum atomic E-state index is 13.1. The molecule has 1 amide bonds. The minimum absolute atomic E-state index is 0.101. The number of halogens is 1. The Morgan fingerprint density at radius 3 is 2.42 bits per heavy atom. The number of para-hydroxylation sites is 1. The van der Waals surface area contributed by atoms with Crippen LogP contribution >= 0.6 is 15.9 Å². The molecule has 10 nitrogen and oxygen atoms in total. The molecule has 0 saturated carbocycles. The normalized spacial score (nSPS) is 15.1. The van der Waals surface area contributed by atoms with Gasteiger partial charge in [-0.05, 0) is 46.3 Å². The zero-order valence-corrected chi connectivity index (χ0v) is 21.2. The van der Waals surface area contributed by atoms with Crippen molar-refractivity contribution >= 4 is 53.3 Å². The van der Waals surface area contributed by atoms with Gasteiger partial charge in [0.2, 0.25) is 26.0 Å². The number of benzene rings is 2. The summed E-state index contributed by atoms with van der Waals surface area (Å²) in [6.45, 7) is 0.483. The fourth-order valence-electron chi connectivity index (χ4n) is 3.25. The molecule has 1 fully saturated rings. The van der Waals surface area contributed by atoms with Gasteiger partial charge in [0, 0.05) is 23.2 Å². The topological polar surface area (TPSA) is 122 Å². The first-order valence-electron chi connectivity index (χ1n) is 9.82. The molecule has 0 unspecified atom stereocenters. The molecule has 1 N–H and O–H groups in total. The number of anilines is 2. The standard InChI is InChI=1S/C20H24BrN3O7S2/c1-30-18-8-7-15(13-19(18)33(28,29)23-9-11-31-12-10-23)22-20(25)14-24(32(2,26)27)17-6-4-3-5-16(17)21/h3-8,13H,9-12,14H2,1-2H3,(H,22,25). The van der Waals surface area contributed by atoms with E-state index < -0.39 is 32.5 Å². The number of nitrogens with one attached hydrogen (secondary N) is 1. The van der Waals surface area contributed by atoms with Crippen LogP contribution in [0.2, 0.25) is 0 Å². The van der Waals surface area contributed by atoms with Gasteiger partial charge >= 0.3 is 0 Å². The largest absolute Gasteiger partial charge is 0.495 e. The van der Waals surface area contributed by atoms with E-state index in [-0.39, 0.29) is 42.6 Å². The molecule has 0 spiro atoms. The van der Waals surface area contributed by atoms with Gasteiger partial charge in [-0.2, -0.15) is 4.31 Å². The summed E-state index contributed by atoms with van der Waals surface area (Å²) >= 11 is 3.30. The van der Waals surface area contributed by atoms with Gasteiger partial charge in [-0.25, -0.2) is 16.8 Å². The summed E-state index contributed by atoms with van der Waals surface area (Å²) < 4.78 is 64.1. The lowest BCUT2D eigenvalue weighted by Gasteiger charge is -2.27. The van der Waals surface area contributed by atoms with Crippen LogP contribution in [0.25, 0.3) is 0 Å². The number of methoxy groups -OCH3 is 1. The minimum atomic E-state index is -3.89. The second-order valence-corrected chi connectivity index (χ2v) is 11.8. The van der Waals surface area contributed by atoms with Crippen LogP contribution in [-0.2, 0) is 29.6 Å². The van der Waals surface area contributed by atoms with Crippen LogP contribution < -0.4 is 14.4 Å². The van der Waals surface area contributed by atoms with E-state index in [2.05, 4.69) is 21.2 Å². The predicted molar refractivity (Wildman–Crippen MR) is 128 cm³/mol. The molecule has 33 heavy (non-hydrogen) atoms. The van der Waals surface area contributed by atoms with Crippen molar-refractivity contribution in [2.45, 2.75) is 4.90 Å². The first-order chi connectivity index (χ1) is 15.5. The monoisotopic (exact) mass is 561 g/mol. The first kappa shape index (κ1) is 25.4. The van der Waals surface area contributed by atoms with Crippen LogP contribution in [0.15, 0.2) is 51.8 Å². The van der Waals surface area contributed by atoms with Gasteiger partial charge in [-0.3, -0.25) is 9.10 Å². The zero-order chi connectivity index (χ0) is 24.2. The van der Waals surface area contributed by atoms with Crippen LogP contribution in [0, 0.1) is 0 Å². The maximum absolute atomic E-state index is 13.1. The highest BCUT2D eigenvalue weighted by atomic mass is 79.9. The molecule has 1 aliphatic heterocycles. The Labute approximate surface area is 201 Å². The number of carbonyl (C=O) groups is 1. The zero-order valence-electron chi connectivity index (χ0n) is 18.0. The Bertz CT molecular complexity index is 1230. The Hall–Kier alpha value is -2.19. The van der Waals surface area contributed by atoms with Gasteiger partial charge in [0.1, 0.15) is 17.2 Å². The second-order valence-electron chi connectivity index (χ2n) is 7.15. The highest BCUT2D eigenvalue weighted by Gasteiger charge is 2.30. The summed E-state index contributed by atoms with van der Waals surface area (Å²) in [6.07, 6.45) is 1.00. The summed E-state index contributed by atoms with van der Waals surface area (Å²) in [5, 5.41) is 2.58. The third-order valence-corrected chi connectivity index (χ3v) is 8.56. The fourth-order valence-corrected chi connectivity index (χ4v) is 6.32. The summed E-state index contributed by atoms with van der Waals surface area (Å²) in [5.41, 5.74) is 0.494. The quantitative estimate of drug-likeness (QED) is 0.522. The lowest BCUT2D eigenvalue weighted by molar-refractivity contribution is -0.114. The molecule has 13 heteroatoms. The number of carbonyl (C=O) groups excluding carboxylic acids is 1. The molecule has 1 aliphatic rings. The lowest BCUT2D eigenvalue weighted by atomic mass is 10.3. The molecule has 0 atom stereocenters. The van der Waals surface area contributed by atoms with E-state index in [1.807, 2.05) is 0 Å². The Balaban J connectivity index is 1.86. The van der Waals surface area contributed by atoms with Crippen molar-refractivity contribution in [2.75, 3.05) is 55.8 Å². The molecule has 180 valence electrons. The molecular formula is C20H24BrN3O7S2. The van der Waals surface area contributed by atoms with Gasteiger partial charge in [0.15, 0.2) is 0 Å². The van der Waals surface area contributed by atoms with E-state index in [9.17, 15) is 21.6 Å². The Morgan fingerprint density at radius 2 is 1.82 bits per heavy atom. The fraction of sp³-hybridized carbons (Fsp3) is 0.350.